The number of hydrogen-bond acceptors (Lipinski definition) is 0. The summed E-state index contributed by atoms with van der Waals surface area (Å²) in [5.41, 5.74) is 20.7. The van der Waals surface area contributed by atoms with E-state index in [2.05, 4.69) is 186 Å². The Balaban J connectivity index is 0.000000177. The van der Waals surface area contributed by atoms with Crippen molar-refractivity contribution in [2.45, 2.75) is 88.2 Å². The molecule has 0 aliphatic carbocycles. The van der Waals surface area contributed by atoms with Crippen molar-refractivity contribution in [2.75, 3.05) is 0 Å². The Bertz CT molecular complexity index is 2370. The van der Waals surface area contributed by atoms with Crippen LogP contribution in [0.2, 0.25) is 0 Å². The predicted octanol–water partition coefficient (Wildman–Crippen LogP) is 9.65. The predicted molar refractivity (Wildman–Crippen MR) is 214 cm³/mol. The van der Waals surface area contributed by atoms with Gasteiger partial charge in [-0.15, -0.1) is 0 Å². The van der Waals surface area contributed by atoms with Crippen LogP contribution in [-0.2, 0) is 40.0 Å². The van der Waals surface area contributed by atoms with Gasteiger partial charge in [0.05, 0.1) is 0 Å². The maximum Gasteiger partial charge on any atom is 0.181 e. The first kappa shape index (κ1) is 35.9. The van der Waals surface area contributed by atoms with Gasteiger partial charge >= 0.3 is 0 Å². The van der Waals surface area contributed by atoms with Crippen molar-refractivity contribution in [1.29, 1.82) is 0 Å². The molecule has 0 aliphatic rings. The van der Waals surface area contributed by atoms with E-state index in [1.54, 1.807) is 0 Å². The molecule has 0 spiro atoms. The van der Waals surface area contributed by atoms with E-state index >= 15 is 0 Å². The molecule has 0 fully saturated rings. The molecule has 4 heterocycles. The van der Waals surface area contributed by atoms with Crippen molar-refractivity contribution < 1.29 is 9.13 Å². The van der Waals surface area contributed by atoms with Crippen molar-refractivity contribution in [3.63, 3.8) is 0 Å². The highest BCUT2D eigenvalue weighted by Crippen LogP contribution is 2.32. The zero-order chi connectivity index (χ0) is 36.6. The Morgan fingerprint density at radius 1 is 0.569 bits per heavy atom. The number of nitrogens with zero attached hydrogens (tertiary/aromatic N) is 4. The lowest BCUT2D eigenvalue weighted by atomic mass is 9.95. The summed E-state index contributed by atoms with van der Waals surface area (Å²) in [6, 6.07) is 33.0. The van der Waals surface area contributed by atoms with E-state index in [0.717, 1.165) is 25.9 Å². The summed E-state index contributed by atoms with van der Waals surface area (Å²) >= 11 is 0. The lowest BCUT2D eigenvalue weighted by Crippen LogP contribution is -2.42. The quantitative estimate of drug-likeness (QED) is 0.150. The summed E-state index contributed by atoms with van der Waals surface area (Å²) in [7, 11) is 4.32. The molecule has 0 atom stereocenters. The molecule has 51 heavy (non-hydrogen) atoms. The molecule has 0 bridgehead atoms. The van der Waals surface area contributed by atoms with Crippen molar-refractivity contribution in [2.24, 2.45) is 14.1 Å². The minimum absolute atomic E-state index is 0.929. The van der Waals surface area contributed by atoms with Gasteiger partial charge in [0.15, 0.2) is 29.3 Å². The highest BCUT2D eigenvalue weighted by molar-refractivity contribution is 5.89. The van der Waals surface area contributed by atoms with Crippen molar-refractivity contribution in [3.05, 3.63) is 164 Å². The number of para-hydroxylation sites is 2. The zero-order valence-electron chi connectivity index (χ0n) is 32.8. The number of fused-ring (bicyclic) bond motifs is 2. The van der Waals surface area contributed by atoms with Crippen LogP contribution in [0.3, 0.4) is 0 Å². The molecule has 0 aliphatic heterocycles. The Labute approximate surface area is 305 Å². The average Bonchev–Trinajstić information content (AvgIpc) is 3.55. The highest BCUT2D eigenvalue weighted by atomic mass is 15.0. The number of aryl methyl sites for hydroxylation is 4. The van der Waals surface area contributed by atoms with E-state index in [0.29, 0.717) is 0 Å². The van der Waals surface area contributed by atoms with E-state index in [9.17, 15) is 0 Å². The fraction of sp³-hybridized carbons (Fsp3) is 0.319. The normalized spacial score (nSPS) is 11.4. The number of pyridine rings is 2. The number of aromatic nitrogens is 4. The molecular weight excluding hydrogens is 621 g/mol. The first-order chi connectivity index (χ1) is 24.4. The molecule has 4 nitrogen and oxygen atoms in total. The molecule has 0 N–H and O–H groups in total. The van der Waals surface area contributed by atoms with Gasteiger partial charge in [0, 0.05) is 110 Å². The molecule has 262 valence electrons. The van der Waals surface area contributed by atoms with Gasteiger partial charge in [0.1, 0.15) is 7.05 Å². The molecule has 3 aromatic carbocycles. The second-order valence-electron chi connectivity index (χ2n) is 14.5. The SMILES string of the molecule is CCn1c(C)c(Cc2c(C)n(C)c3ccccc23)c2ccccc21.Cc1c(Cc2cc(C)[n+](Cc3ccccc3)c(C)c2C)cc(C)[n+](C)c1C. The van der Waals surface area contributed by atoms with E-state index in [-0.39, 0.29) is 0 Å². The van der Waals surface area contributed by atoms with Crippen LogP contribution >= 0.6 is 0 Å². The molecule has 4 heteroatoms. The fourth-order valence-electron chi connectivity index (χ4n) is 8.06. The summed E-state index contributed by atoms with van der Waals surface area (Å²) in [5, 5.41) is 2.77. The number of benzene rings is 3. The topological polar surface area (TPSA) is 17.6 Å². The van der Waals surface area contributed by atoms with Gasteiger partial charge in [-0.25, -0.2) is 4.57 Å². The van der Waals surface area contributed by atoms with Gasteiger partial charge in [-0.2, -0.15) is 4.57 Å². The average molecular weight is 677 g/mol. The Morgan fingerprint density at radius 3 is 1.75 bits per heavy atom. The summed E-state index contributed by atoms with van der Waals surface area (Å²) in [5.74, 6) is 0. The number of hydrogen-bond donors (Lipinski definition) is 0. The minimum Gasteiger partial charge on any atom is -0.348 e. The van der Waals surface area contributed by atoms with Crippen molar-refractivity contribution in [3.8, 4) is 0 Å². The van der Waals surface area contributed by atoms with E-state index in [1.165, 1.54) is 94.9 Å². The van der Waals surface area contributed by atoms with Crippen LogP contribution in [-0.4, -0.2) is 9.13 Å². The van der Waals surface area contributed by atoms with E-state index in [1.807, 2.05) is 0 Å². The number of rotatable bonds is 7. The summed E-state index contributed by atoms with van der Waals surface area (Å²) < 4.78 is 9.47. The fourth-order valence-corrected chi connectivity index (χ4v) is 8.06. The van der Waals surface area contributed by atoms with Crippen LogP contribution in [0.4, 0.5) is 0 Å². The van der Waals surface area contributed by atoms with Gasteiger partial charge in [0.25, 0.3) is 0 Å². The molecule has 7 aromatic rings. The largest absolute Gasteiger partial charge is 0.348 e. The zero-order valence-corrected chi connectivity index (χ0v) is 32.8. The standard InChI is InChI=1S/C25H32N2.C22H24N2/c1-17-13-24(19(3)21(5)26(17)7)15-25-14-18(2)27(22(6)20(25)4)16-23-11-9-8-10-12-23;1-5-24-16(3)20(18-11-7-9-13-22(18)24)14-19-15(2)23(4)21-12-8-6-10-17(19)21/h8-14H,15-16H2,1-7H3;6-13H,5,14H2,1-4H3/q+2;. The van der Waals surface area contributed by atoms with Crippen LogP contribution in [0, 0.1) is 55.4 Å². The minimum atomic E-state index is 0.929. The molecule has 4 aromatic heterocycles. The second-order valence-corrected chi connectivity index (χ2v) is 14.5. The molecule has 7 rings (SSSR count). The monoisotopic (exact) mass is 676 g/mol. The van der Waals surface area contributed by atoms with Gasteiger partial charge in [-0.3, -0.25) is 0 Å². The Hall–Kier alpha value is -4.96. The maximum absolute atomic E-state index is 2.44. The van der Waals surface area contributed by atoms with E-state index in [4.69, 9.17) is 0 Å². The molecular formula is C47H56N4+2. The van der Waals surface area contributed by atoms with Crippen LogP contribution in [0.1, 0.15) is 80.0 Å². The van der Waals surface area contributed by atoms with Gasteiger partial charge in [-0.1, -0.05) is 66.7 Å². The van der Waals surface area contributed by atoms with E-state index < -0.39 is 0 Å². The lowest BCUT2D eigenvalue weighted by Gasteiger charge is -2.14. The summed E-state index contributed by atoms with van der Waals surface area (Å²) in [6.07, 6.45) is 1.99. The smallest absolute Gasteiger partial charge is 0.181 e. The first-order valence-corrected chi connectivity index (χ1v) is 18.5. The third-order valence-electron chi connectivity index (χ3n) is 11.8. The summed E-state index contributed by atoms with van der Waals surface area (Å²) in [6.45, 7) is 22.1. The van der Waals surface area contributed by atoms with Crippen molar-refractivity contribution in [1.82, 2.24) is 9.13 Å². The van der Waals surface area contributed by atoms with Crippen LogP contribution < -0.4 is 9.13 Å². The molecule has 0 amide bonds. The third kappa shape index (κ3) is 6.77. The summed E-state index contributed by atoms with van der Waals surface area (Å²) in [4.78, 5) is 0. The second kappa shape index (κ2) is 14.7. The van der Waals surface area contributed by atoms with Crippen LogP contribution in [0.5, 0.6) is 0 Å². The molecule has 0 unspecified atom stereocenters. The van der Waals surface area contributed by atoms with Crippen molar-refractivity contribution >= 4 is 21.8 Å². The first-order valence-electron chi connectivity index (χ1n) is 18.5. The Kier molecular flexibility index (Phi) is 10.3. The maximum atomic E-state index is 2.44. The van der Waals surface area contributed by atoms with Gasteiger partial charge < -0.3 is 9.13 Å². The Morgan fingerprint density at radius 2 is 1.10 bits per heavy atom. The van der Waals surface area contributed by atoms with Crippen LogP contribution in [0.25, 0.3) is 21.8 Å². The highest BCUT2D eigenvalue weighted by Gasteiger charge is 2.21. The van der Waals surface area contributed by atoms with Gasteiger partial charge in [0.2, 0.25) is 0 Å². The lowest BCUT2D eigenvalue weighted by molar-refractivity contribution is -0.700. The molecule has 0 saturated heterocycles. The third-order valence-corrected chi connectivity index (χ3v) is 11.8. The molecule has 0 saturated carbocycles. The van der Waals surface area contributed by atoms with Crippen LogP contribution in [0.15, 0.2) is 91.0 Å². The molecule has 0 radical (unpaired) electrons. The van der Waals surface area contributed by atoms with Gasteiger partial charge in [-0.05, 0) is 75.4 Å².